The summed E-state index contributed by atoms with van der Waals surface area (Å²) in [6, 6.07) is 13.5. The number of para-hydroxylation sites is 2. The number of esters is 1. The van der Waals surface area contributed by atoms with Crippen molar-refractivity contribution in [1.29, 1.82) is 0 Å². The van der Waals surface area contributed by atoms with Crippen LogP contribution in [-0.4, -0.2) is 23.0 Å². The SMILES string of the molecule is Cc1cccc(C)c1NC(=O)[C@H](C)OC(=O)c1c2c(nc3ccccc13)CC[C@@H](C)C2. The largest absolute Gasteiger partial charge is 0.449 e. The molecule has 0 saturated carbocycles. The Kier molecular flexibility index (Phi) is 5.77. The number of hydrogen-bond acceptors (Lipinski definition) is 4. The van der Waals surface area contributed by atoms with Gasteiger partial charge in [0.25, 0.3) is 5.91 Å². The minimum absolute atomic E-state index is 0.341. The summed E-state index contributed by atoms with van der Waals surface area (Å²) < 4.78 is 5.68. The van der Waals surface area contributed by atoms with E-state index in [0.717, 1.165) is 58.2 Å². The zero-order chi connectivity index (χ0) is 22.1. The first-order chi connectivity index (χ1) is 14.8. The molecule has 0 aliphatic heterocycles. The molecule has 0 spiro atoms. The molecule has 1 amide bonds. The van der Waals surface area contributed by atoms with Gasteiger partial charge in [-0.15, -0.1) is 0 Å². The van der Waals surface area contributed by atoms with Crippen LogP contribution in [0.2, 0.25) is 0 Å². The quantitative estimate of drug-likeness (QED) is 0.597. The van der Waals surface area contributed by atoms with Crippen LogP contribution in [0.3, 0.4) is 0 Å². The van der Waals surface area contributed by atoms with Crippen LogP contribution in [0.1, 0.15) is 53.0 Å². The number of rotatable bonds is 4. The van der Waals surface area contributed by atoms with Gasteiger partial charge in [-0.1, -0.05) is 43.3 Å². The number of nitrogens with one attached hydrogen (secondary N) is 1. The molecule has 0 saturated heterocycles. The number of nitrogens with zero attached hydrogens (tertiary/aromatic N) is 1. The fraction of sp³-hybridized carbons (Fsp3) is 0.346. The highest BCUT2D eigenvalue weighted by molar-refractivity contribution is 6.06. The number of anilines is 1. The van der Waals surface area contributed by atoms with Gasteiger partial charge in [0.15, 0.2) is 6.10 Å². The van der Waals surface area contributed by atoms with Crippen molar-refractivity contribution in [3.63, 3.8) is 0 Å². The van der Waals surface area contributed by atoms with Crippen LogP contribution in [0.15, 0.2) is 42.5 Å². The molecular weight excluding hydrogens is 388 g/mol. The van der Waals surface area contributed by atoms with Gasteiger partial charge in [0.2, 0.25) is 0 Å². The van der Waals surface area contributed by atoms with Crippen molar-refractivity contribution in [3.8, 4) is 0 Å². The first-order valence-corrected chi connectivity index (χ1v) is 10.8. The molecule has 31 heavy (non-hydrogen) atoms. The molecule has 1 aliphatic rings. The molecule has 1 heterocycles. The van der Waals surface area contributed by atoms with Crippen molar-refractivity contribution in [3.05, 3.63) is 70.4 Å². The van der Waals surface area contributed by atoms with E-state index in [1.54, 1.807) is 6.92 Å². The van der Waals surface area contributed by atoms with E-state index < -0.39 is 12.1 Å². The van der Waals surface area contributed by atoms with Crippen molar-refractivity contribution in [2.75, 3.05) is 5.32 Å². The number of aryl methyl sites for hydroxylation is 3. The Bertz CT molecular complexity index is 1150. The number of benzene rings is 2. The highest BCUT2D eigenvalue weighted by Gasteiger charge is 2.28. The van der Waals surface area contributed by atoms with Gasteiger partial charge >= 0.3 is 5.97 Å². The van der Waals surface area contributed by atoms with E-state index in [9.17, 15) is 9.59 Å². The lowest BCUT2D eigenvalue weighted by Gasteiger charge is -2.24. The number of hydrogen-bond donors (Lipinski definition) is 1. The highest BCUT2D eigenvalue weighted by atomic mass is 16.5. The minimum Gasteiger partial charge on any atom is -0.449 e. The highest BCUT2D eigenvalue weighted by Crippen LogP contribution is 2.32. The summed E-state index contributed by atoms with van der Waals surface area (Å²) >= 11 is 0. The van der Waals surface area contributed by atoms with E-state index in [-0.39, 0.29) is 5.91 Å². The summed E-state index contributed by atoms with van der Waals surface area (Å²) in [5, 5.41) is 3.69. The van der Waals surface area contributed by atoms with Gasteiger partial charge in [-0.05, 0) is 68.7 Å². The van der Waals surface area contributed by atoms with Gasteiger partial charge < -0.3 is 10.1 Å². The summed E-state index contributed by atoms with van der Waals surface area (Å²) in [6.07, 6.45) is 1.78. The van der Waals surface area contributed by atoms with E-state index in [0.29, 0.717) is 11.5 Å². The Morgan fingerprint density at radius 2 is 1.81 bits per heavy atom. The Morgan fingerprint density at radius 1 is 1.10 bits per heavy atom. The fourth-order valence-corrected chi connectivity index (χ4v) is 4.31. The molecular formula is C26H28N2O3. The molecule has 5 nitrogen and oxygen atoms in total. The Hall–Kier alpha value is -3.21. The van der Waals surface area contributed by atoms with Gasteiger partial charge in [-0.3, -0.25) is 9.78 Å². The Morgan fingerprint density at radius 3 is 2.55 bits per heavy atom. The molecule has 0 bridgehead atoms. The maximum atomic E-state index is 13.3. The molecule has 5 heteroatoms. The second-order valence-corrected chi connectivity index (χ2v) is 8.58. The number of aromatic nitrogens is 1. The predicted octanol–water partition coefficient (Wildman–Crippen LogP) is 5.16. The van der Waals surface area contributed by atoms with Crippen molar-refractivity contribution < 1.29 is 14.3 Å². The van der Waals surface area contributed by atoms with Gasteiger partial charge in [0.1, 0.15) is 0 Å². The average molecular weight is 417 g/mol. The summed E-state index contributed by atoms with van der Waals surface area (Å²) in [7, 11) is 0. The number of fused-ring (bicyclic) bond motifs is 2. The Balaban J connectivity index is 1.62. The van der Waals surface area contributed by atoms with E-state index in [2.05, 4.69) is 12.2 Å². The zero-order valence-electron chi connectivity index (χ0n) is 18.5. The molecule has 2 aromatic carbocycles. The van der Waals surface area contributed by atoms with E-state index >= 15 is 0 Å². The number of ether oxygens (including phenoxy) is 1. The first-order valence-electron chi connectivity index (χ1n) is 10.8. The first kappa shape index (κ1) is 21.0. The lowest BCUT2D eigenvalue weighted by molar-refractivity contribution is -0.123. The molecule has 0 unspecified atom stereocenters. The van der Waals surface area contributed by atoms with Gasteiger partial charge in [0, 0.05) is 16.8 Å². The summed E-state index contributed by atoms with van der Waals surface area (Å²) in [5.74, 6) is -0.328. The summed E-state index contributed by atoms with van der Waals surface area (Å²) in [4.78, 5) is 30.9. The summed E-state index contributed by atoms with van der Waals surface area (Å²) in [5.41, 5.74) is 5.97. The average Bonchev–Trinajstić information content (AvgIpc) is 2.74. The molecule has 0 radical (unpaired) electrons. The molecule has 3 aromatic rings. The second-order valence-electron chi connectivity index (χ2n) is 8.58. The van der Waals surface area contributed by atoms with E-state index in [1.165, 1.54) is 0 Å². The van der Waals surface area contributed by atoms with Crippen LogP contribution in [-0.2, 0) is 22.4 Å². The van der Waals surface area contributed by atoms with Crippen LogP contribution < -0.4 is 5.32 Å². The monoisotopic (exact) mass is 416 g/mol. The number of carbonyl (C=O) groups is 2. The molecule has 4 rings (SSSR count). The predicted molar refractivity (Wildman–Crippen MR) is 122 cm³/mol. The van der Waals surface area contributed by atoms with Crippen LogP contribution in [0.25, 0.3) is 10.9 Å². The van der Waals surface area contributed by atoms with Gasteiger partial charge in [0.05, 0.1) is 11.1 Å². The molecule has 0 fully saturated rings. The van der Waals surface area contributed by atoms with Crippen molar-refractivity contribution >= 4 is 28.5 Å². The molecule has 1 aliphatic carbocycles. The maximum absolute atomic E-state index is 13.3. The molecule has 160 valence electrons. The fourth-order valence-electron chi connectivity index (χ4n) is 4.31. The van der Waals surface area contributed by atoms with Crippen molar-refractivity contribution in [2.45, 2.75) is 53.1 Å². The van der Waals surface area contributed by atoms with Gasteiger partial charge in [-0.25, -0.2) is 4.79 Å². The van der Waals surface area contributed by atoms with Crippen LogP contribution >= 0.6 is 0 Å². The standard InChI is InChI=1S/C26H28N2O3/c1-15-12-13-22-20(14-15)23(19-10-5-6-11-21(19)27-22)26(30)31-18(4)25(29)28-24-16(2)8-7-9-17(24)3/h5-11,15,18H,12-14H2,1-4H3,(H,28,29)/t15-,18+/m1/s1. The van der Waals surface area contributed by atoms with E-state index in [1.807, 2.05) is 56.3 Å². The normalized spacial score (nSPS) is 16.5. The van der Waals surface area contributed by atoms with Crippen molar-refractivity contribution in [2.24, 2.45) is 5.92 Å². The smallest absolute Gasteiger partial charge is 0.339 e. The van der Waals surface area contributed by atoms with Crippen LogP contribution in [0.4, 0.5) is 5.69 Å². The van der Waals surface area contributed by atoms with Crippen molar-refractivity contribution in [1.82, 2.24) is 4.98 Å². The summed E-state index contributed by atoms with van der Waals surface area (Å²) in [6.45, 7) is 7.68. The third-order valence-corrected chi connectivity index (χ3v) is 6.09. The number of pyridine rings is 1. The number of amides is 1. The zero-order valence-corrected chi connectivity index (χ0v) is 18.5. The van der Waals surface area contributed by atoms with Crippen LogP contribution in [0.5, 0.6) is 0 Å². The molecule has 1 N–H and O–H groups in total. The maximum Gasteiger partial charge on any atom is 0.339 e. The number of carbonyl (C=O) groups excluding carboxylic acids is 2. The molecule has 1 aromatic heterocycles. The Labute approximate surface area is 182 Å². The molecule has 2 atom stereocenters. The van der Waals surface area contributed by atoms with Gasteiger partial charge in [-0.2, -0.15) is 0 Å². The second kappa shape index (κ2) is 8.50. The third kappa shape index (κ3) is 4.18. The lowest BCUT2D eigenvalue weighted by atomic mass is 9.84. The minimum atomic E-state index is -0.921. The lowest BCUT2D eigenvalue weighted by Crippen LogP contribution is -2.31. The topological polar surface area (TPSA) is 68.3 Å². The van der Waals surface area contributed by atoms with E-state index in [4.69, 9.17) is 9.72 Å². The van der Waals surface area contributed by atoms with Crippen LogP contribution in [0, 0.1) is 19.8 Å². The third-order valence-electron chi connectivity index (χ3n) is 6.09.